The first kappa shape index (κ1) is 14.7. The maximum atomic E-state index is 12.0. The van der Waals surface area contributed by atoms with Gasteiger partial charge in [-0.25, -0.2) is 4.79 Å². The van der Waals surface area contributed by atoms with Gasteiger partial charge in [0.15, 0.2) is 5.78 Å². The highest BCUT2D eigenvalue weighted by Crippen LogP contribution is 2.16. The van der Waals surface area contributed by atoms with Crippen LogP contribution in [0.15, 0.2) is 11.4 Å². The van der Waals surface area contributed by atoms with Crippen molar-refractivity contribution in [3.05, 3.63) is 21.9 Å². The molecule has 0 aliphatic heterocycles. The van der Waals surface area contributed by atoms with Crippen LogP contribution in [0.2, 0.25) is 0 Å². The standard InChI is InChI=1S/C13H19NO3S/c1-9-10(6-7-18-9)11(15)8-14(5)12(16)17-13(2,3)4/h6-7H,8H2,1-5H3. The number of ketones is 1. The Balaban J connectivity index is 2.60. The molecule has 0 unspecified atom stereocenters. The van der Waals surface area contributed by atoms with E-state index in [0.29, 0.717) is 5.56 Å². The van der Waals surface area contributed by atoms with Crippen LogP contribution in [0.5, 0.6) is 0 Å². The molecule has 0 N–H and O–H groups in total. The first-order valence-electron chi connectivity index (χ1n) is 5.72. The van der Waals surface area contributed by atoms with Crippen molar-refractivity contribution in [2.24, 2.45) is 0 Å². The molecule has 0 bridgehead atoms. The molecular weight excluding hydrogens is 250 g/mol. The Morgan fingerprint density at radius 3 is 2.44 bits per heavy atom. The molecule has 0 saturated carbocycles. The van der Waals surface area contributed by atoms with Crippen molar-refractivity contribution in [3.63, 3.8) is 0 Å². The van der Waals surface area contributed by atoms with E-state index in [2.05, 4.69) is 0 Å². The molecule has 0 radical (unpaired) electrons. The zero-order valence-electron chi connectivity index (χ0n) is 11.4. The van der Waals surface area contributed by atoms with Crippen molar-refractivity contribution in [3.8, 4) is 0 Å². The lowest BCUT2D eigenvalue weighted by Crippen LogP contribution is -2.37. The van der Waals surface area contributed by atoms with E-state index >= 15 is 0 Å². The van der Waals surface area contributed by atoms with E-state index in [1.165, 1.54) is 16.2 Å². The Kier molecular flexibility index (Phi) is 4.51. The van der Waals surface area contributed by atoms with E-state index in [4.69, 9.17) is 4.74 Å². The minimum Gasteiger partial charge on any atom is -0.444 e. The van der Waals surface area contributed by atoms with Gasteiger partial charge in [-0.05, 0) is 39.1 Å². The first-order valence-corrected chi connectivity index (χ1v) is 6.60. The zero-order chi connectivity index (χ0) is 13.9. The number of amides is 1. The number of ether oxygens (including phenoxy) is 1. The van der Waals surface area contributed by atoms with Gasteiger partial charge in [0.2, 0.25) is 0 Å². The molecule has 1 aromatic rings. The number of aryl methyl sites for hydroxylation is 1. The van der Waals surface area contributed by atoms with E-state index in [1.54, 1.807) is 33.9 Å². The number of thiophene rings is 1. The summed E-state index contributed by atoms with van der Waals surface area (Å²) in [7, 11) is 1.56. The largest absolute Gasteiger partial charge is 0.444 e. The zero-order valence-corrected chi connectivity index (χ0v) is 12.3. The Hall–Kier alpha value is -1.36. The van der Waals surface area contributed by atoms with Crippen molar-refractivity contribution >= 4 is 23.2 Å². The molecule has 0 fully saturated rings. The van der Waals surface area contributed by atoms with Crippen LogP contribution in [0.1, 0.15) is 36.0 Å². The van der Waals surface area contributed by atoms with E-state index in [9.17, 15) is 9.59 Å². The summed E-state index contributed by atoms with van der Waals surface area (Å²) in [5, 5.41) is 1.87. The smallest absolute Gasteiger partial charge is 0.410 e. The van der Waals surface area contributed by atoms with Crippen molar-refractivity contribution < 1.29 is 14.3 Å². The number of nitrogens with zero attached hydrogens (tertiary/aromatic N) is 1. The van der Waals surface area contributed by atoms with Crippen molar-refractivity contribution in [2.45, 2.75) is 33.3 Å². The minimum atomic E-state index is -0.549. The highest BCUT2D eigenvalue weighted by atomic mass is 32.1. The quantitative estimate of drug-likeness (QED) is 0.792. The number of hydrogen-bond acceptors (Lipinski definition) is 4. The van der Waals surface area contributed by atoms with Crippen LogP contribution in [-0.4, -0.2) is 36.0 Å². The number of likely N-dealkylation sites (N-methyl/N-ethyl adjacent to an activating group) is 1. The molecular formula is C13H19NO3S. The summed E-state index contributed by atoms with van der Waals surface area (Å²) in [4.78, 5) is 25.9. The third kappa shape index (κ3) is 4.14. The third-order valence-corrected chi connectivity index (χ3v) is 3.09. The fourth-order valence-corrected chi connectivity index (χ4v) is 2.10. The maximum Gasteiger partial charge on any atom is 0.410 e. The number of rotatable bonds is 3. The van der Waals surface area contributed by atoms with Crippen LogP contribution in [0.25, 0.3) is 0 Å². The average Bonchev–Trinajstić information content (AvgIpc) is 2.61. The summed E-state index contributed by atoms with van der Waals surface area (Å²) in [5.41, 5.74) is 0.127. The maximum absolute atomic E-state index is 12.0. The number of hydrogen-bond donors (Lipinski definition) is 0. The second-order valence-electron chi connectivity index (χ2n) is 5.15. The number of carbonyl (C=O) groups excluding carboxylic acids is 2. The molecule has 1 aromatic heterocycles. The summed E-state index contributed by atoms with van der Waals surface area (Å²) in [6, 6.07) is 1.78. The van der Waals surface area contributed by atoms with Gasteiger partial charge in [-0.3, -0.25) is 4.79 Å². The second-order valence-corrected chi connectivity index (χ2v) is 6.27. The predicted molar refractivity (Wildman–Crippen MR) is 72.3 cm³/mol. The van der Waals surface area contributed by atoms with E-state index in [0.717, 1.165) is 4.88 Å². The van der Waals surface area contributed by atoms with Gasteiger partial charge >= 0.3 is 6.09 Å². The van der Waals surface area contributed by atoms with Crippen molar-refractivity contribution in [1.29, 1.82) is 0 Å². The molecule has 0 aliphatic carbocycles. The van der Waals surface area contributed by atoms with Gasteiger partial charge in [0.25, 0.3) is 0 Å². The Labute approximate surface area is 112 Å². The molecule has 0 aliphatic rings. The SMILES string of the molecule is Cc1sccc1C(=O)CN(C)C(=O)OC(C)(C)C. The molecule has 1 rings (SSSR count). The van der Waals surface area contributed by atoms with Crippen LogP contribution >= 0.6 is 11.3 Å². The molecule has 0 saturated heterocycles. The van der Waals surface area contributed by atoms with Crippen LogP contribution in [0.4, 0.5) is 4.79 Å². The van der Waals surface area contributed by atoms with Crippen LogP contribution < -0.4 is 0 Å². The normalized spacial score (nSPS) is 11.2. The highest BCUT2D eigenvalue weighted by molar-refractivity contribution is 7.10. The molecule has 1 heterocycles. The minimum absolute atomic E-state index is 0.0342. The highest BCUT2D eigenvalue weighted by Gasteiger charge is 2.22. The molecule has 5 heteroatoms. The third-order valence-electron chi connectivity index (χ3n) is 2.25. The lowest BCUT2D eigenvalue weighted by molar-refractivity contribution is 0.0294. The molecule has 0 aromatic carbocycles. The second kappa shape index (κ2) is 5.52. The fourth-order valence-electron chi connectivity index (χ4n) is 1.38. The van der Waals surface area contributed by atoms with E-state index in [-0.39, 0.29) is 12.3 Å². The molecule has 100 valence electrons. The molecule has 0 spiro atoms. The van der Waals surface area contributed by atoms with Crippen molar-refractivity contribution in [1.82, 2.24) is 4.90 Å². The molecule has 4 nitrogen and oxygen atoms in total. The summed E-state index contributed by atoms with van der Waals surface area (Å²) >= 11 is 1.52. The van der Waals surface area contributed by atoms with Gasteiger partial charge in [-0.15, -0.1) is 11.3 Å². The average molecular weight is 269 g/mol. The van der Waals surface area contributed by atoms with Gasteiger partial charge in [0.1, 0.15) is 5.60 Å². The number of Topliss-reactive ketones (excluding diaryl/α,β-unsaturated/α-hetero) is 1. The summed E-state index contributed by atoms with van der Waals surface area (Å²) < 4.78 is 5.19. The van der Waals surface area contributed by atoms with E-state index in [1.807, 2.05) is 12.3 Å². The molecule has 1 amide bonds. The van der Waals surface area contributed by atoms with Gasteiger partial charge < -0.3 is 9.64 Å². The lowest BCUT2D eigenvalue weighted by Gasteiger charge is -2.24. The lowest BCUT2D eigenvalue weighted by atomic mass is 10.1. The van der Waals surface area contributed by atoms with Crippen molar-refractivity contribution in [2.75, 3.05) is 13.6 Å². The Morgan fingerprint density at radius 2 is 2.00 bits per heavy atom. The Morgan fingerprint density at radius 1 is 1.39 bits per heavy atom. The fraction of sp³-hybridized carbons (Fsp3) is 0.538. The van der Waals surface area contributed by atoms with Gasteiger partial charge in [-0.1, -0.05) is 0 Å². The summed E-state index contributed by atoms with van der Waals surface area (Å²) in [6.45, 7) is 7.31. The topological polar surface area (TPSA) is 46.6 Å². The van der Waals surface area contributed by atoms with Crippen LogP contribution in [0.3, 0.4) is 0 Å². The van der Waals surface area contributed by atoms with Gasteiger partial charge in [-0.2, -0.15) is 0 Å². The monoisotopic (exact) mass is 269 g/mol. The first-order chi connectivity index (χ1) is 8.20. The van der Waals surface area contributed by atoms with Gasteiger partial charge in [0.05, 0.1) is 6.54 Å². The van der Waals surface area contributed by atoms with E-state index < -0.39 is 11.7 Å². The summed E-state index contributed by atoms with van der Waals surface area (Å²) in [6.07, 6.45) is -0.483. The Bertz CT molecular complexity index is 445. The van der Waals surface area contributed by atoms with Crippen LogP contribution in [0, 0.1) is 6.92 Å². The molecule has 0 atom stereocenters. The van der Waals surface area contributed by atoms with Crippen LogP contribution in [-0.2, 0) is 4.74 Å². The molecule has 18 heavy (non-hydrogen) atoms. The summed E-state index contributed by atoms with van der Waals surface area (Å²) in [5.74, 6) is -0.0675. The predicted octanol–water partition coefficient (Wildman–Crippen LogP) is 3.11. The number of carbonyl (C=O) groups is 2. The van der Waals surface area contributed by atoms with Gasteiger partial charge in [0, 0.05) is 17.5 Å².